The van der Waals surface area contributed by atoms with Crippen LogP contribution in [0.25, 0.3) is 0 Å². The van der Waals surface area contributed by atoms with Gasteiger partial charge in [-0.3, -0.25) is 9.59 Å². The first kappa shape index (κ1) is 10.9. The van der Waals surface area contributed by atoms with Crippen LogP contribution in [-0.4, -0.2) is 41.7 Å². The van der Waals surface area contributed by atoms with Gasteiger partial charge in [-0.2, -0.15) is 0 Å². The highest BCUT2D eigenvalue weighted by molar-refractivity contribution is 5.88. The lowest BCUT2D eigenvalue weighted by Gasteiger charge is -2.14. The average Bonchev–Trinajstić information content (AvgIpc) is 2.51. The van der Waals surface area contributed by atoms with Crippen molar-refractivity contribution in [3.63, 3.8) is 0 Å². The van der Waals surface area contributed by atoms with E-state index >= 15 is 0 Å². The number of aliphatic hydroxyl groups excluding tert-OH is 1. The van der Waals surface area contributed by atoms with Crippen molar-refractivity contribution in [1.29, 1.82) is 0 Å². The van der Waals surface area contributed by atoms with Crippen LogP contribution < -0.4 is 16.4 Å². The van der Waals surface area contributed by atoms with Crippen LogP contribution in [-0.2, 0) is 9.59 Å². The highest BCUT2D eigenvalue weighted by atomic mass is 16.3. The number of carbonyl (C=O) groups is 2. The third-order valence-corrected chi connectivity index (χ3v) is 2.21. The topological polar surface area (TPSA) is 104 Å². The maximum absolute atomic E-state index is 11.4. The Labute approximate surface area is 81.8 Å². The van der Waals surface area contributed by atoms with Crippen LogP contribution in [0.5, 0.6) is 0 Å². The van der Waals surface area contributed by atoms with E-state index in [2.05, 4.69) is 10.6 Å². The number of nitrogens with one attached hydrogen (secondary N) is 2. The Morgan fingerprint density at radius 3 is 2.71 bits per heavy atom. The zero-order valence-corrected chi connectivity index (χ0v) is 7.99. The summed E-state index contributed by atoms with van der Waals surface area (Å²) in [6, 6.07) is -1.10. The third-order valence-electron chi connectivity index (χ3n) is 2.21. The highest BCUT2D eigenvalue weighted by Crippen LogP contribution is 2.06. The Morgan fingerprint density at radius 1 is 1.64 bits per heavy atom. The van der Waals surface area contributed by atoms with Gasteiger partial charge in [-0.1, -0.05) is 0 Å². The highest BCUT2D eigenvalue weighted by Gasteiger charge is 2.29. The molecular formula is C8H15N3O3. The summed E-state index contributed by atoms with van der Waals surface area (Å²) in [5.41, 5.74) is 4.99. The molecule has 2 amide bonds. The SMILES string of the molecule is C[C@H](NC(=O)C1CC(O)CN1)C(N)=O. The molecule has 6 nitrogen and oxygen atoms in total. The van der Waals surface area contributed by atoms with Crippen LogP contribution in [0, 0.1) is 0 Å². The maximum Gasteiger partial charge on any atom is 0.239 e. The van der Waals surface area contributed by atoms with Crippen molar-refractivity contribution in [1.82, 2.24) is 10.6 Å². The summed E-state index contributed by atoms with van der Waals surface area (Å²) in [6.07, 6.45) is -0.119. The molecule has 14 heavy (non-hydrogen) atoms. The van der Waals surface area contributed by atoms with Gasteiger partial charge in [-0.05, 0) is 13.3 Å². The summed E-state index contributed by atoms with van der Waals surface area (Å²) in [5.74, 6) is -0.871. The number of hydrogen-bond acceptors (Lipinski definition) is 4. The minimum Gasteiger partial charge on any atom is -0.392 e. The van der Waals surface area contributed by atoms with E-state index in [1.165, 1.54) is 6.92 Å². The van der Waals surface area contributed by atoms with Gasteiger partial charge >= 0.3 is 0 Å². The number of nitrogens with two attached hydrogens (primary N) is 1. The quantitative estimate of drug-likeness (QED) is 0.412. The second-order valence-electron chi connectivity index (χ2n) is 3.48. The van der Waals surface area contributed by atoms with Crippen molar-refractivity contribution in [3.8, 4) is 0 Å². The largest absolute Gasteiger partial charge is 0.392 e. The van der Waals surface area contributed by atoms with Crippen molar-refractivity contribution < 1.29 is 14.7 Å². The molecule has 0 saturated carbocycles. The molecule has 0 aliphatic carbocycles. The summed E-state index contributed by atoms with van der Waals surface area (Å²) < 4.78 is 0. The Kier molecular flexibility index (Phi) is 3.43. The molecule has 1 rings (SSSR count). The lowest BCUT2D eigenvalue weighted by Crippen LogP contribution is -2.48. The molecule has 1 aliphatic heterocycles. The molecule has 1 heterocycles. The summed E-state index contributed by atoms with van der Waals surface area (Å²) in [6.45, 7) is 1.93. The number of primary amides is 1. The van der Waals surface area contributed by atoms with Crippen molar-refractivity contribution in [2.45, 2.75) is 31.5 Å². The summed E-state index contributed by atoms with van der Waals surface area (Å²) in [7, 11) is 0. The van der Waals surface area contributed by atoms with E-state index in [0.29, 0.717) is 13.0 Å². The van der Waals surface area contributed by atoms with Gasteiger partial charge in [0.05, 0.1) is 12.1 Å². The Bertz CT molecular complexity index is 244. The van der Waals surface area contributed by atoms with E-state index in [0.717, 1.165) is 0 Å². The Balaban J connectivity index is 2.39. The predicted octanol–water partition coefficient (Wildman–Crippen LogP) is -2.30. The molecule has 80 valence electrons. The van der Waals surface area contributed by atoms with Crippen LogP contribution in [0.15, 0.2) is 0 Å². The molecule has 0 radical (unpaired) electrons. The Hall–Kier alpha value is -1.14. The summed E-state index contributed by atoms with van der Waals surface area (Å²) in [4.78, 5) is 22.1. The van der Waals surface area contributed by atoms with Crippen molar-refractivity contribution >= 4 is 11.8 Å². The lowest BCUT2D eigenvalue weighted by molar-refractivity contribution is -0.128. The van der Waals surface area contributed by atoms with E-state index in [9.17, 15) is 9.59 Å². The van der Waals surface area contributed by atoms with Crippen molar-refractivity contribution in [3.05, 3.63) is 0 Å². The summed E-state index contributed by atoms with van der Waals surface area (Å²) >= 11 is 0. The molecule has 1 saturated heterocycles. The molecular weight excluding hydrogens is 186 g/mol. The van der Waals surface area contributed by atoms with Gasteiger partial charge in [-0.25, -0.2) is 0 Å². The van der Waals surface area contributed by atoms with E-state index in [1.807, 2.05) is 0 Å². The van der Waals surface area contributed by atoms with E-state index in [4.69, 9.17) is 10.8 Å². The zero-order valence-electron chi connectivity index (χ0n) is 7.99. The van der Waals surface area contributed by atoms with Crippen LogP contribution in [0.1, 0.15) is 13.3 Å². The zero-order chi connectivity index (χ0) is 10.7. The monoisotopic (exact) mass is 201 g/mol. The molecule has 5 N–H and O–H groups in total. The molecule has 0 spiro atoms. The van der Waals surface area contributed by atoms with Gasteiger partial charge in [0.25, 0.3) is 0 Å². The van der Waals surface area contributed by atoms with Crippen LogP contribution in [0.3, 0.4) is 0 Å². The minimum absolute atomic E-state index is 0.298. The molecule has 1 aliphatic rings. The fourth-order valence-electron chi connectivity index (χ4n) is 1.30. The Morgan fingerprint density at radius 2 is 2.29 bits per heavy atom. The molecule has 0 bridgehead atoms. The number of carbonyl (C=O) groups excluding carboxylic acids is 2. The molecule has 2 unspecified atom stereocenters. The molecule has 0 aromatic heterocycles. The van der Waals surface area contributed by atoms with E-state index in [1.54, 1.807) is 0 Å². The van der Waals surface area contributed by atoms with Crippen LogP contribution in [0.4, 0.5) is 0 Å². The first-order valence-corrected chi connectivity index (χ1v) is 4.52. The lowest BCUT2D eigenvalue weighted by atomic mass is 10.2. The minimum atomic E-state index is -0.679. The van der Waals surface area contributed by atoms with Crippen molar-refractivity contribution in [2.24, 2.45) is 5.73 Å². The van der Waals surface area contributed by atoms with Crippen LogP contribution in [0.2, 0.25) is 0 Å². The number of aliphatic hydroxyl groups is 1. The second kappa shape index (κ2) is 4.39. The van der Waals surface area contributed by atoms with Gasteiger partial charge in [0.1, 0.15) is 6.04 Å². The fourth-order valence-corrected chi connectivity index (χ4v) is 1.30. The maximum atomic E-state index is 11.4. The number of β-amino-alcohol motifs (C(OH)–C–C–N with tert-alkyl or cyclic N) is 1. The smallest absolute Gasteiger partial charge is 0.239 e. The molecule has 0 aromatic rings. The first-order chi connectivity index (χ1) is 6.50. The number of hydrogen-bond donors (Lipinski definition) is 4. The van der Waals surface area contributed by atoms with Gasteiger partial charge in [-0.15, -0.1) is 0 Å². The van der Waals surface area contributed by atoms with Crippen LogP contribution >= 0.6 is 0 Å². The van der Waals surface area contributed by atoms with Gasteiger partial charge in [0.15, 0.2) is 0 Å². The van der Waals surface area contributed by atoms with E-state index < -0.39 is 24.1 Å². The number of amides is 2. The van der Waals surface area contributed by atoms with Crippen molar-refractivity contribution in [2.75, 3.05) is 6.54 Å². The molecule has 1 fully saturated rings. The molecule has 6 heteroatoms. The standard InChI is InChI=1S/C8H15N3O3/c1-4(7(9)13)11-8(14)6-2-5(12)3-10-6/h4-6,10,12H,2-3H2,1H3,(H2,9,13)(H,11,14)/t4-,5?,6?/m0/s1. The van der Waals surface area contributed by atoms with Gasteiger partial charge in [0, 0.05) is 6.54 Å². The van der Waals surface area contributed by atoms with Gasteiger partial charge in [0.2, 0.25) is 11.8 Å². The molecule has 3 atom stereocenters. The van der Waals surface area contributed by atoms with E-state index in [-0.39, 0.29) is 5.91 Å². The summed E-state index contributed by atoms with van der Waals surface area (Å²) in [5, 5.41) is 14.4. The normalized spacial score (nSPS) is 28.4. The number of rotatable bonds is 3. The molecule has 0 aromatic carbocycles. The predicted molar refractivity (Wildman–Crippen MR) is 49.2 cm³/mol. The third kappa shape index (κ3) is 2.68. The first-order valence-electron chi connectivity index (χ1n) is 4.52. The second-order valence-corrected chi connectivity index (χ2v) is 3.48. The average molecular weight is 201 g/mol. The van der Waals surface area contributed by atoms with Gasteiger partial charge < -0.3 is 21.5 Å². The fraction of sp³-hybridized carbons (Fsp3) is 0.750.